The minimum atomic E-state index is -0.649. The molecule has 3 nitrogen and oxygen atoms in total. The largest absolute Gasteiger partial charge is 0.389 e. The van der Waals surface area contributed by atoms with Gasteiger partial charge in [0.05, 0.1) is 5.41 Å². The molecule has 0 saturated carbocycles. The molecule has 0 fully saturated rings. The molecule has 0 atom stereocenters. The third-order valence-electron chi connectivity index (χ3n) is 2.50. The molecular weight excluding hydrogens is 180 g/mol. The summed E-state index contributed by atoms with van der Waals surface area (Å²) in [4.78, 5) is 22.6. The fraction of sp³-hybridized carbons (Fsp3) is 0.636. The van der Waals surface area contributed by atoms with Gasteiger partial charge in [-0.1, -0.05) is 20.4 Å². The van der Waals surface area contributed by atoms with Crippen LogP contribution in [0.1, 0.15) is 34.6 Å². The minimum Gasteiger partial charge on any atom is -0.389 e. The maximum atomic E-state index is 11.5. The van der Waals surface area contributed by atoms with Crippen LogP contribution in [0, 0.1) is 11.3 Å². The van der Waals surface area contributed by atoms with Gasteiger partial charge in [0.1, 0.15) is 0 Å². The molecule has 0 unspecified atom stereocenters. The summed E-state index contributed by atoms with van der Waals surface area (Å²) in [5.74, 6) is -1.03. The van der Waals surface area contributed by atoms with Crippen molar-refractivity contribution < 1.29 is 14.3 Å². The summed E-state index contributed by atoms with van der Waals surface area (Å²) in [5, 5.41) is 0. The predicted octanol–water partition coefficient (Wildman–Crippen LogP) is 2.31. The average molecular weight is 198 g/mol. The monoisotopic (exact) mass is 198 g/mol. The van der Waals surface area contributed by atoms with Gasteiger partial charge in [0.15, 0.2) is 0 Å². The summed E-state index contributed by atoms with van der Waals surface area (Å²) >= 11 is 0. The quantitative estimate of drug-likeness (QED) is 0.397. The summed E-state index contributed by atoms with van der Waals surface area (Å²) in [6.45, 7) is 12.2. The van der Waals surface area contributed by atoms with Crippen molar-refractivity contribution >= 4 is 11.9 Å². The number of carbonyl (C=O) groups excluding carboxylic acids is 2. The Morgan fingerprint density at radius 2 is 1.71 bits per heavy atom. The summed E-state index contributed by atoms with van der Waals surface area (Å²) in [6.07, 6.45) is 0. The van der Waals surface area contributed by atoms with Crippen molar-refractivity contribution in [1.29, 1.82) is 0 Å². The summed E-state index contributed by atoms with van der Waals surface area (Å²) in [6, 6.07) is 0. The topological polar surface area (TPSA) is 43.4 Å². The molecule has 0 radical (unpaired) electrons. The van der Waals surface area contributed by atoms with Gasteiger partial charge in [-0.2, -0.15) is 0 Å². The van der Waals surface area contributed by atoms with Crippen molar-refractivity contribution in [3.8, 4) is 0 Å². The average Bonchev–Trinajstić information content (AvgIpc) is 2.03. The molecule has 80 valence electrons. The van der Waals surface area contributed by atoms with E-state index in [1.807, 2.05) is 13.8 Å². The van der Waals surface area contributed by atoms with Gasteiger partial charge in [-0.25, -0.2) is 4.79 Å². The lowest BCUT2D eigenvalue weighted by molar-refractivity contribution is -0.165. The molecule has 0 aromatic carbocycles. The summed E-state index contributed by atoms with van der Waals surface area (Å²) in [7, 11) is 0. The minimum absolute atomic E-state index is 0.118. The van der Waals surface area contributed by atoms with Crippen LogP contribution in [0.25, 0.3) is 0 Å². The van der Waals surface area contributed by atoms with E-state index in [0.717, 1.165) is 0 Å². The Kier molecular flexibility index (Phi) is 4.05. The van der Waals surface area contributed by atoms with E-state index >= 15 is 0 Å². The van der Waals surface area contributed by atoms with Crippen LogP contribution in [0.3, 0.4) is 0 Å². The van der Waals surface area contributed by atoms with E-state index in [1.165, 1.54) is 6.92 Å². The molecule has 0 bridgehead atoms. The summed E-state index contributed by atoms with van der Waals surface area (Å²) < 4.78 is 4.66. The highest BCUT2D eigenvalue weighted by Crippen LogP contribution is 2.27. The Hall–Kier alpha value is -1.12. The Labute approximate surface area is 85.1 Å². The van der Waals surface area contributed by atoms with Gasteiger partial charge < -0.3 is 4.74 Å². The maximum absolute atomic E-state index is 11.5. The van der Waals surface area contributed by atoms with E-state index in [9.17, 15) is 9.59 Å². The van der Waals surface area contributed by atoms with E-state index in [2.05, 4.69) is 11.3 Å². The van der Waals surface area contributed by atoms with E-state index in [4.69, 9.17) is 0 Å². The Morgan fingerprint density at radius 1 is 1.29 bits per heavy atom. The van der Waals surface area contributed by atoms with Gasteiger partial charge in [0, 0.05) is 5.57 Å². The Balaban J connectivity index is 4.51. The molecule has 0 heterocycles. The zero-order valence-corrected chi connectivity index (χ0v) is 9.51. The number of rotatable bonds is 3. The maximum Gasteiger partial charge on any atom is 0.340 e. The second-order valence-corrected chi connectivity index (χ2v) is 4.33. The highest BCUT2D eigenvalue weighted by molar-refractivity contribution is 5.96. The van der Waals surface area contributed by atoms with Gasteiger partial charge in [-0.15, -0.1) is 0 Å². The Bertz CT molecular complexity index is 262. The van der Waals surface area contributed by atoms with Crippen LogP contribution in [0.4, 0.5) is 0 Å². The number of ether oxygens (including phenoxy) is 1. The second kappa shape index (κ2) is 4.40. The van der Waals surface area contributed by atoms with E-state index in [0.29, 0.717) is 0 Å². The van der Waals surface area contributed by atoms with Gasteiger partial charge in [0.25, 0.3) is 0 Å². The first-order chi connectivity index (χ1) is 6.19. The third-order valence-corrected chi connectivity index (χ3v) is 2.50. The van der Waals surface area contributed by atoms with Crippen LogP contribution in [-0.4, -0.2) is 11.9 Å². The molecule has 0 aliphatic carbocycles. The molecule has 0 aliphatic rings. The van der Waals surface area contributed by atoms with Gasteiger partial charge in [0.2, 0.25) is 0 Å². The lowest BCUT2D eigenvalue weighted by Crippen LogP contribution is -2.33. The van der Waals surface area contributed by atoms with Crippen molar-refractivity contribution in [2.45, 2.75) is 34.6 Å². The van der Waals surface area contributed by atoms with Gasteiger partial charge in [-0.3, -0.25) is 4.79 Å². The molecule has 0 aromatic rings. The van der Waals surface area contributed by atoms with Crippen LogP contribution >= 0.6 is 0 Å². The first-order valence-electron chi connectivity index (χ1n) is 4.61. The molecule has 0 aliphatic heterocycles. The lowest BCUT2D eigenvalue weighted by Gasteiger charge is -2.25. The summed E-state index contributed by atoms with van der Waals surface area (Å²) in [5.41, 5.74) is -0.414. The fourth-order valence-electron chi connectivity index (χ4n) is 0.539. The third kappa shape index (κ3) is 2.98. The van der Waals surface area contributed by atoms with Crippen LogP contribution in [0.15, 0.2) is 12.2 Å². The molecule has 0 N–H and O–H groups in total. The first-order valence-corrected chi connectivity index (χ1v) is 4.61. The number of esters is 2. The van der Waals surface area contributed by atoms with E-state index < -0.39 is 17.4 Å². The van der Waals surface area contributed by atoms with Crippen molar-refractivity contribution in [2.24, 2.45) is 11.3 Å². The standard InChI is InChI=1S/C11H18O3/c1-7(2)9(12)14-10(13)11(5,6)8(3)4/h8H,1H2,2-6H3. The lowest BCUT2D eigenvalue weighted by atomic mass is 9.81. The fourth-order valence-corrected chi connectivity index (χ4v) is 0.539. The molecule has 0 aromatic heterocycles. The van der Waals surface area contributed by atoms with Crippen molar-refractivity contribution in [3.05, 3.63) is 12.2 Å². The normalized spacial score (nSPS) is 11.3. The smallest absolute Gasteiger partial charge is 0.340 e. The van der Waals surface area contributed by atoms with Crippen LogP contribution < -0.4 is 0 Å². The SMILES string of the molecule is C=C(C)C(=O)OC(=O)C(C)(C)C(C)C. The number of carbonyl (C=O) groups is 2. The first kappa shape index (κ1) is 12.9. The molecule has 0 rings (SSSR count). The van der Waals surface area contributed by atoms with Gasteiger partial charge >= 0.3 is 11.9 Å². The molecule has 0 spiro atoms. The van der Waals surface area contributed by atoms with Crippen LogP contribution in [-0.2, 0) is 14.3 Å². The van der Waals surface area contributed by atoms with Crippen LogP contribution in [0.5, 0.6) is 0 Å². The van der Waals surface area contributed by atoms with Crippen molar-refractivity contribution in [3.63, 3.8) is 0 Å². The van der Waals surface area contributed by atoms with E-state index in [1.54, 1.807) is 13.8 Å². The van der Waals surface area contributed by atoms with Crippen molar-refractivity contribution in [2.75, 3.05) is 0 Å². The molecule has 0 saturated heterocycles. The zero-order chi connectivity index (χ0) is 11.5. The highest BCUT2D eigenvalue weighted by atomic mass is 16.6. The molecule has 14 heavy (non-hydrogen) atoms. The highest BCUT2D eigenvalue weighted by Gasteiger charge is 2.34. The number of hydrogen-bond acceptors (Lipinski definition) is 3. The van der Waals surface area contributed by atoms with Crippen molar-refractivity contribution in [1.82, 2.24) is 0 Å². The second-order valence-electron chi connectivity index (χ2n) is 4.33. The number of hydrogen-bond donors (Lipinski definition) is 0. The Morgan fingerprint density at radius 3 is 2.00 bits per heavy atom. The molecular formula is C11H18O3. The predicted molar refractivity (Wildman–Crippen MR) is 54.5 cm³/mol. The van der Waals surface area contributed by atoms with Gasteiger partial charge in [-0.05, 0) is 26.7 Å². The molecule has 3 heteroatoms. The van der Waals surface area contributed by atoms with E-state index in [-0.39, 0.29) is 11.5 Å². The zero-order valence-electron chi connectivity index (χ0n) is 9.51. The molecule has 0 amide bonds. The van der Waals surface area contributed by atoms with Crippen LogP contribution in [0.2, 0.25) is 0 Å².